The van der Waals surface area contributed by atoms with Gasteiger partial charge in [-0.1, -0.05) is 36.4 Å². The van der Waals surface area contributed by atoms with E-state index in [1.54, 1.807) is 30.5 Å². The van der Waals surface area contributed by atoms with Crippen LogP contribution in [0, 0.1) is 5.92 Å². The third kappa shape index (κ3) is 9.10. The third-order valence-corrected chi connectivity index (χ3v) is 15.6. The SMILES string of the molecule is O=C(NS(=O)(=O)c1ccc(NCC2CCOCC2)c(S(=O)(=O)C(F)(F)F)c1)c1ccc(C2=CCC(N3CCCC3c3ccccc3C3CC3)CC2)cc1Oc1cnc2[nH]ccc2c1. The maximum Gasteiger partial charge on any atom is 0.501 e. The number of benzene rings is 3. The number of aromatic amines is 1. The number of aromatic nitrogens is 2. The second kappa shape index (κ2) is 17.4. The van der Waals surface area contributed by atoms with Crippen molar-refractivity contribution in [1.29, 1.82) is 0 Å². The van der Waals surface area contributed by atoms with Crippen LogP contribution in [-0.2, 0) is 24.6 Å². The highest BCUT2D eigenvalue weighted by Gasteiger charge is 2.48. The van der Waals surface area contributed by atoms with Gasteiger partial charge in [0.15, 0.2) is 0 Å². The van der Waals surface area contributed by atoms with Crippen LogP contribution in [0.2, 0.25) is 0 Å². The molecule has 2 aromatic heterocycles. The molecule has 9 rings (SSSR count). The zero-order chi connectivity index (χ0) is 43.9. The number of amides is 1. The normalized spacial score (nSPS) is 20.4. The molecule has 3 N–H and O–H groups in total. The Morgan fingerprint density at radius 2 is 1.71 bits per heavy atom. The number of H-pyrrole nitrogens is 1. The van der Waals surface area contributed by atoms with Crippen LogP contribution in [0.25, 0.3) is 16.6 Å². The number of halogens is 3. The number of ether oxygens (including phenoxy) is 2. The van der Waals surface area contributed by atoms with E-state index in [1.807, 2.05) is 4.72 Å². The van der Waals surface area contributed by atoms with Crippen molar-refractivity contribution in [2.24, 2.45) is 5.92 Å². The second-order valence-corrected chi connectivity index (χ2v) is 20.4. The summed E-state index contributed by atoms with van der Waals surface area (Å²) in [7, 11) is -11.0. The van der Waals surface area contributed by atoms with E-state index in [0.29, 0.717) is 55.8 Å². The molecule has 0 radical (unpaired) electrons. The van der Waals surface area contributed by atoms with Crippen LogP contribution in [0.5, 0.6) is 11.5 Å². The van der Waals surface area contributed by atoms with E-state index in [9.17, 15) is 34.8 Å². The van der Waals surface area contributed by atoms with Crippen molar-refractivity contribution in [2.45, 2.75) is 91.1 Å². The Kier molecular flexibility index (Phi) is 11.9. The first kappa shape index (κ1) is 43.0. The molecule has 4 aliphatic rings. The van der Waals surface area contributed by atoms with Crippen LogP contribution in [0.15, 0.2) is 101 Å². The largest absolute Gasteiger partial charge is 0.501 e. The van der Waals surface area contributed by atoms with E-state index in [1.165, 1.54) is 36.2 Å². The molecule has 3 aromatic carbocycles. The first-order valence-corrected chi connectivity index (χ1v) is 24.3. The van der Waals surface area contributed by atoms with Crippen molar-refractivity contribution in [3.8, 4) is 11.5 Å². The number of nitrogens with zero attached hydrogens (tertiary/aromatic N) is 2. The predicted molar refractivity (Wildman–Crippen MR) is 232 cm³/mol. The summed E-state index contributed by atoms with van der Waals surface area (Å²) in [5, 5.41) is 3.49. The van der Waals surface area contributed by atoms with Crippen LogP contribution >= 0.6 is 0 Å². The van der Waals surface area contributed by atoms with Gasteiger partial charge < -0.3 is 19.8 Å². The van der Waals surface area contributed by atoms with E-state index < -0.39 is 46.8 Å². The average molecular weight is 904 g/mol. The fraction of sp³-hybridized carbons (Fsp3) is 0.391. The number of pyridine rings is 1. The van der Waals surface area contributed by atoms with E-state index >= 15 is 0 Å². The molecule has 1 amide bonds. The first-order chi connectivity index (χ1) is 30.2. The number of likely N-dealkylation sites (tertiary alicyclic amines) is 1. The van der Waals surface area contributed by atoms with Crippen molar-refractivity contribution in [1.82, 2.24) is 19.6 Å². The molecule has 4 heterocycles. The summed E-state index contributed by atoms with van der Waals surface area (Å²) < 4.78 is 108. The van der Waals surface area contributed by atoms with Crippen molar-refractivity contribution in [3.05, 3.63) is 114 Å². The quantitative estimate of drug-likeness (QED) is 0.104. The van der Waals surface area contributed by atoms with Gasteiger partial charge in [-0.2, -0.15) is 13.2 Å². The number of fused-ring (bicyclic) bond motifs is 1. The molecule has 2 aliphatic carbocycles. The van der Waals surface area contributed by atoms with Gasteiger partial charge >= 0.3 is 5.51 Å². The number of nitrogens with one attached hydrogen (secondary N) is 3. The number of carbonyl (C=O) groups is 1. The molecule has 5 aromatic rings. The van der Waals surface area contributed by atoms with E-state index in [2.05, 4.69) is 50.5 Å². The lowest BCUT2D eigenvalue weighted by Crippen LogP contribution is -2.36. The zero-order valence-corrected chi connectivity index (χ0v) is 36.0. The Bertz CT molecular complexity index is 2780. The third-order valence-electron chi connectivity index (χ3n) is 12.7. The molecule has 63 heavy (non-hydrogen) atoms. The van der Waals surface area contributed by atoms with E-state index in [0.717, 1.165) is 67.3 Å². The van der Waals surface area contributed by atoms with Crippen LogP contribution in [-0.4, -0.2) is 75.5 Å². The summed E-state index contributed by atoms with van der Waals surface area (Å²) >= 11 is 0. The number of alkyl halides is 3. The van der Waals surface area contributed by atoms with E-state index in [-0.39, 0.29) is 29.5 Å². The monoisotopic (exact) mass is 903 g/mol. The predicted octanol–water partition coefficient (Wildman–Crippen LogP) is 9.26. The number of hydrogen-bond acceptors (Lipinski definition) is 10. The molecule has 1 saturated carbocycles. The van der Waals surface area contributed by atoms with Gasteiger partial charge in [-0.15, -0.1) is 0 Å². The Morgan fingerprint density at radius 3 is 2.46 bits per heavy atom. The van der Waals surface area contributed by atoms with Crippen molar-refractivity contribution in [3.63, 3.8) is 0 Å². The van der Waals surface area contributed by atoms with Crippen LogP contribution in [0.1, 0.15) is 96.8 Å². The van der Waals surface area contributed by atoms with Crippen LogP contribution in [0.4, 0.5) is 18.9 Å². The van der Waals surface area contributed by atoms with Gasteiger partial charge in [0.25, 0.3) is 25.8 Å². The summed E-state index contributed by atoms with van der Waals surface area (Å²) in [5.74, 6) is -0.186. The molecule has 3 fully saturated rings. The Labute approximate surface area is 364 Å². The second-order valence-electron chi connectivity index (χ2n) is 16.8. The number of hydrogen-bond donors (Lipinski definition) is 3. The molecule has 2 aliphatic heterocycles. The minimum Gasteiger partial charge on any atom is -0.455 e. The maximum absolute atomic E-state index is 14.0. The van der Waals surface area contributed by atoms with E-state index in [4.69, 9.17) is 9.47 Å². The zero-order valence-electron chi connectivity index (χ0n) is 34.4. The van der Waals surface area contributed by atoms with Gasteiger partial charge in [-0.25, -0.2) is 26.5 Å². The summed E-state index contributed by atoms with van der Waals surface area (Å²) in [5.41, 5.74) is -0.942. The number of anilines is 1. The first-order valence-electron chi connectivity index (χ1n) is 21.4. The molecule has 17 heteroatoms. The number of carbonyl (C=O) groups excluding carboxylic acids is 1. The van der Waals surface area contributed by atoms with Gasteiger partial charge in [0.1, 0.15) is 22.0 Å². The molecule has 2 saturated heterocycles. The van der Waals surface area contributed by atoms with Gasteiger partial charge in [0.05, 0.1) is 22.3 Å². The minimum absolute atomic E-state index is 0.000428. The molecule has 0 bridgehead atoms. The number of rotatable bonds is 13. The molecule has 2 unspecified atom stereocenters. The summed E-state index contributed by atoms with van der Waals surface area (Å²) in [6, 6.07) is 20.3. The lowest BCUT2D eigenvalue weighted by atomic mass is 9.88. The maximum atomic E-state index is 14.0. The molecular weight excluding hydrogens is 856 g/mol. The van der Waals surface area contributed by atoms with Gasteiger partial charge in [0, 0.05) is 43.4 Å². The summed E-state index contributed by atoms with van der Waals surface area (Å²) in [4.78, 5) is 21.9. The van der Waals surface area contributed by atoms with Gasteiger partial charge in [0.2, 0.25) is 0 Å². The lowest BCUT2D eigenvalue weighted by molar-refractivity contribution is -0.0435. The Balaban J connectivity index is 0.981. The summed E-state index contributed by atoms with van der Waals surface area (Å²) in [6.07, 6.45) is 13.9. The number of allylic oxidation sites excluding steroid dienone is 1. The fourth-order valence-corrected chi connectivity index (χ4v) is 11.3. The van der Waals surface area contributed by atoms with Crippen molar-refractivity contribution >= 4 is 48.1 Å². The van der Waals surface area contributed by atoms with Crippen LogP contribution < -0.4 is 14.8 Å². The average Bonchev–Trinajstić information content (AvgIpc) is 3.81. The number of sulfone groups is 1. The highest BCUT2D eigenvalue weighted by atomic mass is 32.2. The fourth-order valence-electron chi connectivity index (χ4n) is 9.22. The Morgan fingerprint density at radius 1 is 0.921 bits per heavy atom. The minimum atomic E-state index is -6.02. The van der Waals surface area contributed by atoms with Gasteiger partial charge in [-0.05, 0) is 141 Å². The molecular formula is C46H48F3N5O7S2. The van der Waals surface area contributed by atoms with Gasteiger partial charge in [-0.3, -0.25) is 9.69 Å². The van der Waals surface area contributed by atoms with Crippen LogP contribution in [0.3, 0.4) is 0 Å². The molecule has 0 spiro atoms. The molecule has 332 valence electrons. The topological polar surface area (TPSA) is 160 Å². The summed E-state index contributed by atoms with van der Waals surface area (Å²) in [6.45, 7) is 2.10. The highest BCUT2D eigenvalue weighted by Crippen LogP contribution is 2.47. The van der Waals surface area contributed by atoms with Crippen molar-refractivity contribution < 1.29 is 44.3 Å². The smallest absolute Gasteiger partial charge is 0.455 e. The molecule has 12 nitrogen and oxygen atoms in total. The molecule has 2 atom stereocenters. The lowest BCUT2D eigenvalue weighted by Gasteiger charge is -2.36. The Hall–Kier alpha value is -5.23. The standard InChI is InChI=1S/C46H48F3N5O7S2/c47-46(48,49)62(56,57)43-26-36(14-16-40(43)51-27-29-18-22-60-23-19-29)63(58,59)53-45(55)39-15-11-32(25-42(39)61-35-24-33-17-20-50-44(33)52-28-35)30-9-12-34(13-10-30)54-21-3-6-41(54)38-5-2-1-4-37(38)31-7-8-31/h1-2,4-5,9,11,14-17,20,24-26,28-29,31,34,41,51H,3,6-8,10,12-13,18-19,21-23,27H2,(H,50,52)(H,53,55). The van der Waals surface area contributed by atoms with Crippen molar-refractivity contribution in [2.75, 3.05) is 31.6 Å². The highest BCUT2D eigenvalue weighted by molar-refractivity contribution is 7.92. The number of sulfonamides is 1.